The fourth-order valence-corrected chi connectivity index (χ4v) is 4.94. The zero-order chi connectivity index (χ0) is 25.6. The van der Waals surface area contributed by atoms with Crippen LogP contribution < -0.4 is 14.4 Å². The largest absolute Gasteiger partial charge is 0.497 e. The molecule has 8 nitrogen and oxygen atoms in total. The molecule has 1 atom stereocenters. The average molecular weight is 498 g/mol. The number of amides is 2. The van der Waals surface area contributed by atoms with Crippen molar-refractivity contribution in [1.29, 1.82) is 0 Å². The number of nitrogens with zero attached hydrogens (tertiary/aromatic N) is 2. The number of hydrogen-bond acceptors (Lipinski definition) is 5. The van der Waals surface area contributed by atoms with Gasteiger partial charge in [-0.25, -0.2) is 8.42 Å². The summed E-state index contributed by atoms with van der Waals surface area (Å²) in [4.78, 5) is 27.8. The number of methoxy groups -OCH3 is 1. The predicted octanol–water partition coefficient (Wildman–Crippen LogP) is 3.17. The Morgan fingerprint density at radius 3 is 2.37 bits per heavy atom. The van der Waals surface area contributed by atoms with Gasteiger partial charge in [-0.05, 0) is 35.6 Å². The summed E-state index contributed by atoms with van der Waals surface area (Å²) in [5, 5.41) is 4.18. The Kier molecular flexibility index (Phi) is 8.34. The van der Waals surface area contributed by atoms with Gasteiger partial charge < -0.3 is 15.0 Å². The standard InChI is InChI=1S/C26H31N3O5S/c1-5-23(26(31)27-2)28(17-19-10-8-13-21(16-19)34-3)25(30)18-29(35(4,32)33)24-15-9-12-20-11-6-7-14-22(20)24/h6-16,23H,5,17-18H2,1-4H3,(H,27,31)/t23-/m0/s1. The minimum Gasteiger partial charge on any atom is -0.497 e. The van der Waals surface area contributed by atoms with Crippen LogP contribution in [0.3, 0.4) is 0 Å². The Hall–Kier alpha value is -3.59. The minimum absolute atomic E-state index is 0.120. The van der Waals surface area contributed by atoms with E-state index in [1.807, 2.05) is 43.3 Å². The van der Waals surface area contributed by atoms with Gasteiger partial charge in [0, 0.05) is 19.0 Å². The third kappa shape index (κ3) is 6.10. The second-order valence-electron chi connectivity index (χ2n) is 8.18. The van der Waals surface area contributed by atoms with Crippen LogP contribution >= 0.6 is 0 Å². The lowest BCUT2D eigenvalue weighted by Gasteiger charge is -2.33. The van der Waals surface area contributed by atoms with Gasteiger partial charge in [-0.3, -0.25) is 13.9 Å². The van der Waals surface area contributed by atoms with Crippen molar-refractivity contribution < 1.29 is 22.7 Å². The summed E-state index contributed by atoms with van der Waals surface area (Å²) >= 11 is 0. The van der Waals surface area contributed by atoms with Gasteiger partial charge in [-0.15, -0.1) is 0 Å². The van der Waals surface area contributed by atoms with Gasteiger partial charge in [0.05, 0.1) is 19.1 Å². The molecule has 0 aliphatic carbocycles. The Morgan fingerprint density at radius 2 is 1.71 bits per heavy atom. The molecule has 2 amide bonds. The minimum atomic E-state index is -3.81. The summed E-state index contributed by atoms with van der Waals surface area (Å²) in [6, 6.07) is 19.2. The summed E-state index contributed by atoms with van der Waals surface area (Å²) in [6.45, 7) is 1.49. The molecule has 3 aromatic rings. The quantitative estimate of drug-likeness (QED) is 0.464. The lowest BCUT2D eigenvalue weighted by atomic mass is 10.1. The van der Waals surface area contributed by atoms with Gasteiger partial charge in [0.1, 0.15) is 18.3 Å². The summed E-state index contributed by atoms with van der Waals surface area (Å²) in [5.74, 6) is -0.183. The van der Waals surface area contributed by atoms with Crippen LogP contribution in [0.25, 0.3) is 10.8 Å². The molecule has 186 valence electrons. The number of ether oxygens (including phenoxy) is 1. The molecular formula is C26H31N3O5S. The highest BCUT2D eigenvalue weighted by Crippen LogP contribution is 2.29. The molecule has 35 heavy (non-hydrogen) atoms. The second-order valence-corrected chi connectivity index (χ2v) is 10.1. The van der Waals surface area contributed by atoms with Gasteiger partial charge in [-0.2, -0.15) is 0 Å². The first-order valence-corrected chi connectivity index (χ1v) is 13.1. The molecule has 0 saturated carbocycles. The summed E-state index contributed by atoms with van der Waals surface area (Å²) in [5.41, 5.74) is 1.17. The number of anilines is 1. The van der Waals surface area contributed by atoms with Gasteiger partial charge in [-0.1, -0.05) is 55.5 Å². The molecule has 0 fully saturated rings. The number of hydrogen-bond donors (Lipinski definition) is 1. The average Bonchev–Trinajstić information content (AvgIpc) is 2.86. The Labute approximate surface area is 206 Å². The number of carbonyl (C=O) groups excluding carboxylic acids is 2. The molecule has 0 spiro atoms. The van der Waals surface area contributed by atoms with Crippen molar-refractivity contribution >= 4 is 38.3 Å². The first kappa shape index (κ1) is 26.0. The highest BCUT2D eigenvalue weighted by Gasteiger charge is 2.31. The summed E-state index contributed by atoms with van der Waals surface area (Å²) in [6.07, 6.45) is 1.44. The van der Waals surface area contributed by atoms with Crippen molar-refractivity contribution in [3.8, 4) is 5.75 Å². The Balaban J connectivity index is 2.03. The third-order valence-electron chi connectivity index (χ3n) is 5.83. The van der Waals surface area contributed by atoms with Crippen LogP contribution in [0.2, 0.25) is 0 Å². The summed E-state index contributed by atoms with van der Waals surface area (Å²) < 4.78 is 32.1. The molecule has 0 aliphatic heterocycles. The molecule has 0 saturated heterocycles. The molecule has 0 unspecified atom stereocenters. The van der Waals surface area contributed by atoms with E-state index in [1.54, 1.807) is 37.4 Å². The smallest absolute Gasteiger partial charge is 0.244 e. The fourth-order valence-electron chi connectivity index (χ4n) is 4.07. The molecule has 0 bridgehead atoms. The van der Waals surface area contributed by atoms with Crippen LogP contribution in [0.1, 0.15) is 18.9 Å². The highest BCUT2D eigenvalue weighted by molar-refractivity contribution is 7.92. The molecular weight excluding hydrogens is 466 g/mol. The zero-order valence-corrected chi connectivity index (χ0v) is 21.2. The lowest BCUT2D eigenvalue weighted by Crippen LogP contribution is -2.51. The second kappa shape index (κ2) is 11.2. The van der Waals surface area contributed by atoms with E-state index in [4.69, 9.17) is 4.74 Å². The van der Waals surface area contributed by atoms with E-state index in [0.29, 0.717) is 23.2 Å². The SMILES string of the molecule is CC[C@@H](C(=O)NC)N(Cc1cccc(OC)c1)C(=O)CN(c1cccc2ccccc12)S(C)(=O)=O. The number of fused-ring (bicyclic) bond motifs is 1. The number of rotatable bonds is 10. The summed E-state index contributed by atoms with van der Waals surface area (Å²) in [7, 11) is -0.751. The number of sulfonamides is 1. The first-order valence-electron chi connectivity index (χ1n) is 11.3. The molecule has 0 radical (unpaired) electrons. The number of likely N-dealkylation sites (N-methyl/N-ethyl adjacent to an activating group) is 1. The van der Waals surface area contributed by atoms with E-state index in [1.165, 1.54) is 11.9 Å². The number of benzene rings is 3. The predicted molar refractivity (Wildman–Crippen MR) is 138 cm³/mol. The monoisotopic (exact) mass is 497 g/mol. The topological polar surface area (TPSA) is 96.0 Å². The van der Waals surface area contributed by atoms with Crippen LogP contribution in [0.5, 0.6) is 5.75 Å². The fraction of sp³-hybridized carbons (Fsp3) is 0.308. The van der Waals surface area contributed by atoms with Crippen LogP contribution in [0.4, 0.5) is 5.69 Å². The zero-order valence-electron chi connectivity index (χ0n) is 20.4. The van der Waals surface area contributed by atoms with Crippen LogP contribution in [-0.4, -0.2) is 58.1 Å². The van der Waals surface area contributed by atoms with Crippen molar-refractivity contribution in [3.05, 3.63) is 72.3 Å². The van der Waals surface area contributed by atoms with Crippen molar-refractivity contribution in [3.63, 3.8) is 0 Å². The highest BCUT2D eigenvalue weighted by atomic mass is 32.2. The van der Waals surface area contributed by atoms with Gasteiger partial charge in [0.25, 0.3) is 0 Å². The van der Waals surface area contributed by atoms with Crippen LogP contribution in [0, 0.1) is 0 Å². The van der Waals surface area contributed by atoms with Gasteiger partial charge in [0.2, 0.25) is 21.8 Å². The maximum Gasteiger partial charge on any atom is 0.244 e. The molecule has 0 heterocycles. The van der Waals surface area contributed by atoms with Gasteiger partial charge in [0.15, 0.2) is 0 Å². The molecule has 1 N–H and O–H groups in total. The molecule has 3 aromatic carbocycles. The molecule has 0 aromatic heterocycles. The van der Waals surface area contributed by atoms with Crippen LogP contribution in [-0.2, 0) is 26.2 Å². The Morgan fingerprint density at radius 1 is 1.03 bits per heavy atom. The van der Waals surface area contributed by atoms with E-state index >= 15 is 0 Å². The normalized spacial score (nSPS) is 12.1. The lowest BCUT2D eigenvalue weighted by molar-refractivity contribution is -0.140. The Bertz CT molecular complexity index is 1300. The van der Waals surface area contributed by atoms with Crippen molar-refractivity contribution in [2.45, 2.75) is 25.9 Å². The number of carbonyl (C=O) groups is 2. The molecule has 0 aliphatic rings. The number of nitrogens with one attached hydrogen (secondary N) is 1. The van der Waals surface area contributed by atoms with E-state index in [2.05, 4.69) is 5.32 Å². The molecule has 9 heteroatoms. The van der Waals surface area contributed by atoms with E-state index in [9.17, 15) is 18.0 Å². The van der Waals surface area contributed by atoms with E-state index in [-0.39, 0.29) is 12.5 Å². The van der Waals surface area contributed by atoms with Crippen molar-refractivity contribution in [1.82, 2.24) is 10.2 Å². The molecule has 3 rings (SSSR count). The third-order valence-corrected chi connectivity index (χ3v) is 6.96. The van der Waals surface area contributed by atoms with Crippen molar-refractivity contribution in [2.75, 3.05) is 31.3 Å². The maximum atomic E-state index is 13.7. The van der Waals surface area contributed by atoms with Gasteiger partial charge >= 0.3 is 0 Å². The van der Waals surface area contributed by atoms with E-state index < -0.39 is 28.5 Å². The first-order chi connectivity index (χ1) is 16.7. The van der Waals surface area contributed by atoms with Crippen molar-refractivity contribution in [2.24, 2.45) is 0 Å². The maximum absolute atomic E-state index is 13.7. The van der Waals surface area contributed by atoms with E-state index in [0.717, 1.165) is 21.5 Å². The van der Waals surface area contributed by atoms with Crippen LogP contribution in [0.15, 0.2) is 66.7 Å².